The van der Waals surface area contributed by atoms with Gasteiger partial charge in [-0.2, -0.15) is 0 Å². The molecular formula is C13H20N2O2. The first-order chi connectivity index (χ1) is 7.91. The molecule has 0 saturated heterocycles. The van der Waals surface area contributed by atoms with Crippen LogP contribution >= 0.6 is 0 Å². The van der Waals surface area contributed by atoms with Gasteiger partial charge in [0.2, 0.25) is 0 Å². The van der Waals surface area contributed by atoms with Gasteiger partial charge in [0, 0.05) is 24.2 Å². The zero-order valence-corrected chi connectivity index (χ0v) is 10.8. The number of benzene rings is 1. The van der Waals surface area contributed by atoms with Crippen LogP contribution in [0.3, 0.4) is 0 Å². The van der Waals surface area contributed by atoms with Crippen molar-refractivity contribution >= 4 is 5.69 Å². The molecule has 0 amide bonds. The quantitative estimate of drug-likeness (QED) is 0.630. The summed E-state index contributed by atoms with van der Waals surface area (Å²) in [6.07, 6.45) is 0. The van der Waals surface area contributed by atoms with E-state index in [1.54, 1.807) is 12.1 Å². The lowest BCUT2D eigenvalue weighted by atomic mass is 10.0. The van der Waals surface area contributed by atoms with E-state index in [1.807, 2.05) is 12.1 Å². The molecule has 0 aliphatic carbocycles. The molecule has 1 aromatic rings. The van der Waals surface area contributed by atoms with Crippen LogP contribution in [0.1, 0.15) is 39.3 Å². The molecular weight excluding hydrogens is 216 g/mol. The van der Waals surface area contributed by atoms with E-state index in [0.29, 0.717) is 12.0 Å². The molecule has 17 heavy (non-hydrogen) atoms. The van der Waals surface area contributed by atoms with Gasteiger partial charge in [0.1, 0.15) is 0 Å². The van der Waals surface area contributed by atoms with Crippen molar-refractivity contribution in [2.45, 2.75) is 39.8 Å². The Morgan fingerprint density at radius 2 is 1.65 bits per heavy atom. The maximum Gasteiger partial charge on any atom is 0.269 e. The van der Waals surface area contributed by atoms with Crippen LogP contribution in [0.25, 0.3) is 0 Å². The van der Waals surface area contributed by atoms with Crippen LogP contribution in [-0.2, 0) is 0 Å². The summed E-state index contributed by atoms with van der Waals surface area (Å²) in [6.45, 7) is 8.55. The summed E-state index contributed by atoms with van der Waals surface area (Å²) in [5, 5.41) is 14.0. The zero-order valence-electron chi connectivity index (χ0n) is 10.8. The number of nitrogens with zero attached hydrogens (tertiary/aromatic N) is 1. The Bertz CT molecular complexity index is 374. The van der Waals surface area contributed by atoms with Crippen LogP contribution in [0.5, 0.6) is 0 Å². The Morgan fingerprint density at radius 1 is 1.12 bits per heavy atom. The maximum absolute atomic E-state index is 10.5. The van der Waals surface area contributed by atoms with Crippen molar-refractivity contribution in [2.75, 3.05) is 0 Å². The number of nitro groups is 1. The van der Waals surface area contributed by atoms with Gasteiger partial charge in [0.05, 0.1) is 4.92 Å². The Morgan fingerprint density at radius 3 is 2.06 bits per heavy atom. The smallest absolute Gasteiger partial charge is 0.269 e. The van der Waals surface area contributed by atoms with E-state index in [2.05, 4.69) is 33.0 Å². The van der Waals surface area contributed by atoms with Gasteiger partial charge in [-0.1, -0.05) is 26.0 Å². The molecule has 2 unspecified atom stereocenters. The molecule has 4 nitrogen and oxygen atoms in total. The Kier molecular flexibility index (Phi) is 4.63. The van der Waals surface area contributed by atoms with Crippen molar-refractivity contribution in [3.05, 3.63) is 39.9 Å². The van der Waals surface area contributed by atoms with Gasteiger partial charge >= 0.3 is 0 Å². The normalized spacial score (nSPS) is 14.6. The first-order valence-electron chi connectivity index (χ1n) is 5.92. The van der Waals surface area contributed by atoms with Gasteiger partial charge in [-0.25, -0.2) is 0 Å². The molecule has 0 spiro atoms. The van der Waals surface area contributed by atoms with Gasteiger partial charge in [0.25, 0.3) is 5.69 Å². The highest BCUT2D eigenvalue weighted by Gasteiger charge is 2.13. The minimum Gasteiger partial charge on any atom is -0.307 e. The number of non-ortho nitro benzene ring substituents is 1. The second-order valence-electron chi connectivity index (χ2n) is 4.77. The van der Waals surface area contributed by atoms with Crippen LogP contribution in [-0.4, -0.2) is 11.0 Å². The molecule has 0 fully saturated rings. The first kappa shape index (κ1) is 13.6. The minimum atomic E-state index is -0.376. The lowest BCUT2D eigenvalue weighted by Crippen LogP contribution is -2.32. The molecule has 4 heteroatoms. The molecule has 0 aromatic heterocycles. The van der Waals surface area contributed by atoms with E-state index in [0.717, 1.165) is 5.56 Å². The number of hydrogen-bond donors (Lipinski definition) is 1. The summed E-state index contributed by atoms with van der Waals surface area (Å²) in [5.74, 6) is 0.565. The fraction of sp³-hybridized carbons (Fsp3) is 0.538. The van der Waals surface area contributed by atoms with Gasteiger partial charge < -0.3 is 5.32 Å². The second-order valence-corrected chi connectivity index (χ2v) is 4.77. The maximum atomic E-state index is 10.5. The summed E-state index contributed by atoms with van der Waals surface area (Å²) in [6, 6.07) is 7.33. The zero-order chi connectivity index (χ0) is 13.0. The highest BCUT2D eigenvalue weighted by molar-refractivity contribution is 5.34. The van der Waals surface area contributed by atoms with E-state index in [-0.39, 0.29) is 16.7 Å². The molecule has 0 heterocycles. The van der Waals surface area contributed by atoms with Crippen LogP contribution in [0.15, 0.2) is 24.3 Å². The topological polar surface area (TPSA) is 55.2 Å². The SMILES string of the molecule is CC(NC(C)C(C)C)c1ccc([N+](=O)[O-])cc1. The average Bonchev–Trinajstić information content (AvgIpc) is 2.28. The van der Waals surface area contributed by atoms with E-state index >= 15 is 0 Å². The van der Waals surface area contributed by atoms with Crippen LogP contribution in [0.2, 0.25) is 0 Å². The molecule has 0 aliphatic heterocycles. The molecule has 0 bridgehead atoms. The first-order valence-corrected chi connectivity index (χ1v) is 5.92. The fourth-order valence-corrected chi connectivity index (χ4v) is 1.57. The van der Waals surface area contributed by atoms with Crippen LogP contribution in [0, 0.1) is 16.0 Å². The monoisotopic (exact) mass is 236 g/mol. The van der Waals surface area contributed by atoms with Crippen molar-refractivity contribution < 1.29 is 4.92 Å². The van der Waals surface area contributed by atoms with Crippen molar-refractivity contribution in [3.63, 3.8) is 0 Å². The van der Waals surface area contributed by atoms with Gasteiger partial charge in [0.15, 0.2) is 0 Å². The van der Waals surface area contributed by atoms with Crippen molar-refractivity contribution in [1.82, 2.24) is 5.32 Å². The highest BCUT2D eigenvalue weighted by Crippen LogP contribution is 2.18. The Labute approximate surface area is 102 Å². The molecule has 2 atom stereocenters. The molecule has 0 aliphatic rings. The van der Waals surface area contributed by atoms with Gasteiger partial charge in [-0.3, -0.25) is 10.1 Å². The molecule has 1 N–H and O–H groups in total. The third-order valence-electron chi connectivity index (χ3n) is 3.12. The number of nitrogens with one attached hydrogen (secondary N) is 1. The van der Waals surface area contributed by atoms with E-state index in [1.165, 1.54) is 0 Å². The largest absolute Gasteiger partial charge is 0.307 e. The van der Waals surface area contributed by atoms with E-state index in [4.69, 9.17) is 0 Å². The molecule has 0 radical (unpaired) electrons. The fourth-order valence-electron chi connectivity index (χ4n) is 1.57. The third kappa shape index (κ3) is 3.82. The van der Waals surface area contributed by atoms with Crippen LogP contribution < -0.4 is 5.32 Å². The highest BCUT2D eigenvalue weighted by atomic mass is 16.6. The van der Waals surface area contributed by atoms with Crippen molar-refractivity contribution in [2.24, 2.45) is 5.92 Å². The average molecular weight is 236 g/mol. The molecule has 1 rings (SSSR count). The molecule has 94 valence electrons. The van der Waals surface area contributed by atoms with Crippen LogP contribution in [0.4, 0.5) is 5.69 Å². The third-order valence-corrected chi connectivity index (χ3v) is 3.12. The number of nitro benzene ring substituents is 1. The summed E-state index contributed by atoms with van der Waals surface area (Å²) < 4.78 is 0. The number of rotatable bonds is 5. The standard InChI is InChI=1S/C13H20N2O2/c1-9(2)10(3)14-11(4)12-5-7-13(8-6-12)15(16)17/h5-11,14H,1-4H3. The van der Waals surface area contributed by atoms with E-state index in [9.17, 15) is 10.1 Å². The Balaban J connectivity index is 2.69. The lowest BCUT2D eigenvalue weighted by molar-refractivity contribution is -0.384. The lowest BCUT2D eigenvalue weighted by Gasteiger charge is -2.23. The molecule has 0 saturated carbocycles. The van der Waals surface area contributed by atoms with Crippen molar-refractivity contribution in [3.8, 4) is 0 Å². The predicted octanol–water partition coefficient (Wildman–Crippen LogP) is 3.29. The Hall–Kier alpha value is -1.42. The second kappa shape index (κ2) is 5.77. The van der Waals surface area contributed by atoms with Crippen molar-refractivity contribution in [1.29, 1.82) is 0 Å². The molecule has 1 aromatic carbocycles. The van der Waals surface area contributed by atoms with Gasteiger partial charge in [-0.05, 0) is 25.3 Å². The van der Waals surface area contributed by atoms with E-state index < -0.39 is 0 Å². The predicted molar refractivity (Wildman–Crippen MR) is 68.9 cm³/mol. The summed E-state index contributed by atoms with van der Waals surface area (Å²) in [7, 11) is 0. The van der Waals surface area contributed by atoms with Gasteiger partial charge in [-0.15, -0.1) is 0 Å². The number of hydrogen-bond acceptors (Lipinski definition) is 3. The summed E-state index contributed by atoms with van der Waals surface area (Å²) >= 11 is 0. The minimum absolute atomic E-state index is 0.137. The summed E-state index contributed by atoms with van der Waals surface area (Å²) in [5.41, 5.74) is 1.21. The summed E-state index contributed by atoms with van der Waals surface area (Å²) in [4.78, 5) is 10.2.